The van der Waals surface area contributed by atoms with Crippen molar-refractivity contribution < 1.29 is 66.4 Å². The Kier molecular flexibility index (Phi) is 14.7. The number of alkyl halides is 1. The SMILES string of the molecule is O=C(O)CCCCCN=C([O-])CCl.[K+]. The van der Waals surface area contributed by atoms with Crippen LogP contribution in [0.1, 0.15) is 25.7 Å². The fourth-order valence-electron chi connectivity index (χ4n) is 0.811. The van der Waals surface area contributed by atoms with E-state index >= 15 is 0 Å². The van der Waals surface area contributed by atoms with Gasteiger partial charge in [0.2, 0.25) is 0 Å². The molecule has 0 atom stereocenters. The molecule has 14 heavy (non-hydrogen) atoms. The van der Waals surface area contributed by atoms with Crippen molar-refractivity contribution in [3.63, 3.8) is 0 Å². The third-order valence-electron chi connectivity index (χ3n) is 1.45. The molecule has 0 bridgehead atoms. The smallest absolute Gasteiger partial charge is 0.861 e. The van der Waals surface area contributed by atoms with Crippen LogP contribution >= 0.6 is 11.6 Å². The summed E-state index contributed by atoms with van der Waals surface area (Å²) in [5.74, 6) is -1.16. The minimum absolute atomic E-state index is 0. The number of carboxylic acid groups (broad SMARTS) is 1. The van der Waals surface area contributed by atoms with E-state index in [9.17, 15) is 9.90 Å². The third-order valence-corrected chi connectivity index (χ3v) is 1.68. The van der Waals surface area contributed by atoms with Gasteiger partial charge in [-0.15, -0.1) is 11.6 Å². The van der Waals surface area contributed by atoms with Crippen molar-refractivity contribution in [1.29, 1.82) is 0 Å². The van der Waals surface area contributed by atoms with Gasteiger partial charge < -0.3 is 15.2 Å². The number of halogens is 1. The first-order valence-corrected chi connectivity index (χ1v) is 4.68. The summed E-state index contributed by atoms with van der Waals surface area (Å²) in [5, 5.41) is 18.9. The predicted molar refractivity (Wildman–Crippen MR) is 49.1 cm³/mol. The number of hydrogen-bond donors (Lipinski definition) is 1. The molecular weight excluding hydrogens is 233 g/mol. The molecule has 0 aliphatic rings. The van der Waals surface area contributed by atoms with Gasteiger partial charge in [0, 0.05) is 13.0 Å². The average molecular weight is 246 g/mol. The third kappa shape index (κ3) is 12.9. The number of rotatable bonds is 7. The summed E-state index contributed by atoms with van der Waals surface area (Å²) in [6, 6.07) is 0. The van der Waals surface area contributed by atoms with Crippen molar-refractivity contribution in [1.82, 2.24) is 0 Å². The van der Waals surface area contributed by atoms with Gasteiger partial charge in [0.25, 0.3) is 0 Å². The predicted octanol–water partition coefficient (Wildman–Crippen LogP) is -2.37. The van der Waals surface area contributed by atoms with E-state index in [2.05, 4.69) is 4.99 Å². The van der Waals surface area contributed by atoms with Crippen LogP contribution < -0.4 is 56.5 Å². The second-order valence-electron chi connectivity index (χ2n) is 2.61. The van der Waals surface area contributed by atoms with Crippen molar-refractivity contribution in [2.75, 3.05) is 12.4 Å². The quantitative estimate of drug-likeness (QED) is 0.179. The molecule has 4 nitrogen and oxygen atoms in total. The van der Waals surface area contributed by atoms with Gasteiger partial charge in [-0.2, -0.15) is 0 Å². The van der Waals surface area contributed by atoms with Crippen LogP contribution in [0.5, 0.6) is 0 Å². The molecule has 0 fully saturated rings. The maximum atomic E-state index is 10.6. The normalized spacial score (nSPS) is 10.8. The van der Waals surface area contributed by atoms with Gasteiger partial charge in [-0.3, -0.25) is 4.79 Å². The molecule has 0 saturated carbocycles. The van der Waals surface area contributed by atoms with Crippen LogP contribution in [0.4, 0.5) is 0 Å². The Bertz CT molecular complexity index is 187. The number of nitrogens with zero attached hydrogens (tertiary/aromatic N) is 1. The summed E-state index contributed by atoms with van der Waals surface area (Å²) in [6.45, 7) is 0.450. The van der Waals surface area contributed by atoms with Crippen LogP contribution in [0, 0.1) is 0 Å². The Labute approximate surface area is 131 Å². The molecule has 0 aromatic carbocycles. The molecule has 0 aliphatic heterocycles. The molecule has 0 spiro atoms. The molecule has 1 N–H and O–H groups in total. The molecule has 0 heterocycles. The van der Waals surface area contributed by atoms with E-state index in [4.69, 9.17) is 16.7 Å². The Hall–Kier alpha value is 0.866. The van der Waals surface area contributed by atoms with Crippen LogP contribution in [-0.4, -0.2) is 29.4 Å². The van der Waals surface area contributed by atoms with E-state index in [1.807, 2.05) is 0 Å². The van der Waals surface area contributed by atoms with Gasteiger partial charge in [-0.05, 0) is 18.7 Å². The average Bonchev–Trinajstić information content (AvgIpc) is 2.10. The van der Waals surface area contributed by atoms with Crippen LogP contribution in [0.2, 0.25) is 0 Å². The molecule has 6 heteroatoms. The summed E-state index contributed by atoms with van der Waals surface area (Å²) < 4.78 is 0. The molecule has 0 radical (unpaired) electrons. The summed E-state index contributed by atoms with van der Waals surface area (Å²) in [4.78, 5) is 13.7. The zero-order chi connectivity index (χ0) is 10.1. The molecule has 76 valence electrons. The number of carboxylic acids is 1. The largest absolute Gasteiger partial charge is 1.00 e. The van der Waals surface area contributed by atoms with Crippen molar-refractivity contribution >= 4 is 23.5 Å². The number of aliphatic carboxylic acids is 1. The Morgan fingerprint density at radius 1 is 1.36 bits per heavy atom. The summed E-state index contributed by atoms with van der Waals surface area (Å²) in [7, 11) is 0. The first kappa shape index (κ1) is 17.3. The number of carbonyl (C=O) groups is 1. The van der Waals surface area contributed by atoms with Crippen LogP contribution in [0.15, 0.2) is 4.99 Å². The molecule has 0 aromatic heterocycles. The van der Waals surface area contributed by atoms with Crippen molar-refractivity contribution in [2.45, 2.75) is 25.7 Å². The summed E-state index contributed by atoms with van der Waals surface area (Å²) >= 11 is 5.21. The van der Waals surface area contributed by atoms with Crippen molar-refractivity contribution in [3.05, 3.63) is 0 Å². The zero-order valence-electron chi connectivity index (χ0n) is 8.33. The number of aliphatic imine (C=N–C) groups is 1. The maximum absolute atomic E-state index is 10.6. The van der Waals surface area contributed by atoms with E-state index in [1.165, 1.54) is 0 Å². The van der Waals surface area contributed by atoms with Gasteiger partial charge in [-0.25, -0.2) is 0 Å². The van der Waals surface area contributed by atoms with Crippen LogP contribution in [0.25, 0.3) is 0 Å². The van der Waals surface area contributed by atoms with Crippen LogP contribution in [0.3, 0.4) is 0 Å². The number of unbranched alkanes of at least 4 members (excludes halogenated alkanes) is 2. The maximum Gasteiger partial charge on any atom is 1.00 e. The standard InChI is InChI=1S/C8H14ClNO3.K/c9-6-7(11)10-5-3-1-2-4-8(12)13;/h1-6H2,(H,10,11)(H,12,13);/q;+1/p-1. The topological polar surface area (TPSA) is 72.7 Å². The second kappa shape index (κ2) is 11.9. The molecule has 0 saturated heterocycles. The fraction of sp³-hybridized carbons (Fsp3) is 0.750. The van der Waals surface area contributed by atoms with Gasteiger partial charge in [0.1, 0.15) is 0 Å². The molecule has 0 unspecified atom stereocenters. The molecule has 0 aliphatic carbocycles. The minimum atomic E-state index is -0.784. The Balaban J connectivity index is 0. The Morgan fingerprint density at radius 3 is 2.50 bits per heavy atom. The first-order valence-electron chi connectivity index (χ1n) is 4.15. The van der Waals surface area contributed by atoms with Gasteiger partial charge in [0.05, 0.1) is 5.88 Å². The van der Waals surface area contributed by atoms with Crippen molar-refractivity contribution in [3.8, 4) is 0 Å². The van der Waals surface area contributed by atoms with Gasteiger partial charge in [-0.1, -0.05) is 6.42 Å². The van der Waals surface area contributed by atoms with Crippen molar-refractivity contribution in [2.24, 2.45) is 4.99 Å². The number of hydrogen-bond acceptors (Lipinski definition) is 3. The minimum Gasteiger partial charge on any atom is -0.861 e. The van der Waals surface area contributed by atoms with E-state index in [1.54, 1.807) is 0 Å². The second-order valence-corrected chi connectivity index (χ2v) is 2.88. The first-order chi connectivity index (χ1) is 6.16. The molecular formula is C8H13ClKNO3. The fourth-order valence-corrected chi connectivity index (χ4v) is 0.895. The van der Waals surface area contributed by atoms with E-state index in [0.29, 0.717) is 13.0 Å². The van der Waals surface area contributed by atoms with E-state index in [-0.39, 0.29) is 69.6 Å². The molecule has 0 aromatic rings. The van der Waals surface area contributed by atoms with Gasteiger partial charge in [0.15, 0.2) is 0 Å². The molecule has 0 rings (SSSR count). The van der Waals surface area contributed by atoms with Crippen LogP contribution in [-0.2, 0) is 4.79 Å². The van der Waals surface area contributed by atoms with Gasteiger partial charge >= 0.3 is 57.4 Å². The summed E-state index contributed by atoms with van der Waals surface area (Å²) in [5.41, 5.74) is 0. The zero-order valence-corrected chi connectivity index (χ0v) is 12.2. The summed E-state index contributed by atoms with van der Waals surface area (Å²) in [6.07, 6.45) is 2.35. The molecule has 0 amide bonds. The monoisotopic (exact) mass is 245 g/mol. The van der Waals surface area contributed by atoms with E-state index < -0.39 is 5.97 Å². The Morgan fingerprint density at radius 2 is 2.00 bits per heavy atom. The van der Waals surface area contributed by atoms with E-state index in [0.717, 1.165) is 12.8 Å².